The first-order chi connectivity index (χ1) is 13.7. The number of carbonyl (C=O) groups is 2. The summed E-state index contributed by atoms with van der Waals surface area (Å²) in [5, 5.41) is 9.79. The lowest BCUT2D eigenvalue weighted by molar-refractivity contribution is -0.132. The highest BCUT2D eigenvalue weighted by Crippen LogP contribution is 2.19. The number of fused-ring (bicyclic) bond motifs is 1. The molecule has 1 N–H and O–H groups in total. The Labute approximate surface area is 166 Å². The summed E-state index contributed by atoms with van der Waals surface area (Å²) in [7, 11) is 0. The minimum absolute atomic E-state index is 0.0244. The van der Waals surface area contributed by atoms with Crippen LogP contribution in [0.2, 0.25) is 0 Å². The molecule has 0 saturated carbocycles. The van der Waals surface area contributed by atoms with Crippen molar-refractivity contribution < 1.29 is 14.1 Å². The van der Waals surface area contributed by atoms with Crippen LogP contribution in [-0.4, -0.2) is 66.0 Å². The first-order valence-corrected chi connectivity index (χ1v) is 10.2. The van der Waals surface area contributed by atoms with Gasteiger partial charge in [-0.15, -0.1) is 11.3 Å². The zero-order valence-electron chi connectivity index (χ0n) is 15.5. The van der Waals surface area contributed by atoms with E-state index in [4.69, 9.17) is 4.52 Å². The van der Waals surface area contributed by atoms with Gasteiger partial charge in [0.05, 0.1) is 11.3 Å². The molecule has 0 spiro atoms. The summed E-state index contributed by atoms with van der Waals surface area (Å²) in [5.74, 6) is 0.0494. The fourth-order valence-electron chi connectivity index (χ4n) is 3.36. The van der Waals surface area contributed by atoms with Crippen LogP contribution in [0.4, 0.5) is 0 Å². The quantitative estimate of drug-likeness (QED) is 0.687. The van der Waals surface area contributed by atoms with E-state index in [2.05, 4.69) is 15.4 Å². The van der Waals surface area contributed by atoms with E-state index >= 15 is 0 Å². The normalized spacial score (nSPS) is 15.1. The van der Waals surface area contributed by atoms with Crippen LogP contribution >= 0.6 is 11.3 Å². The predicted octanol–water partition coefficient (Wildman–Crippen LogP) is 2.01. The molecule has 0 unspecified atom stereocenters. The molecule has 146 valence electrons. The zero-order chi connectivity index (χ0) is 19.3. The fraction of sp³-hybridized carbons (Fsp3) is 0.350. The molecular weight excluding hydrogens is 376 g/mol. The number of nitrogens with zero attached hydrogens (tertiary/aromatic N) is 3. The molecule has 0 bridgehead atoms. The van der Waals surface area contributed by atoms with Gasteiger partial charge in [0.1, 0.15) is 5.69 Å². The molecule has 2 amide bonds. The molecular formula is C20H22N4O3S. The molecule has 3 aromatic rings. The smallest absolute Gasteiger partial charge is 0.261 e. The summed E-state index contributed by atoms with van der Waals surface area (Å²) >= 11 is 1.44. The van der Waals surface area contributed by atoms with E-state index in [9.17, 15) is 9.59 Å². The standard InChI is InChI=1S/C20H22N4O3S/c25-19(14-16-15-4-1-2-5-17(15)27-22-16)24-11-9-23(10-12-24)8-7-21-20(26)18-6-3-13-28-18/h1-6,13H,7-12,14H2,(H,21,26). The van der Waals surface area contributed by atoms with E-state index in [1.807, 2.05) is 46.7 Å². The van der Waals surface area contributed by atoms with Gasteiger partial charge in [-0.2, -0.15) is 0 Å². The summed E-state index contributed by atoms with van der Waals surface area (Å²) in [6.07, 6.45) is 0.258. The molecule has 0 radical (unpaired) electrons. The number of carbonyl (C=O) groups excluding carboxylic acids is 2. The van der Waals surface area contributed by atoms with Crippen molar-refractivity contribution >= 4 is 34.1 Å². The molecule has 4 rings (SSSR count). The van der Waals surface area contributed by atoms with Gasteiger partial charge in [-0.25, -0.2) is 0 Å². The fourth-order valence-corrected chi connectivity index (χ4v) is 4.00. The molecule has 1 fully saturated rings. The lowest BCUT2D eigenvalue weighted by Crippen LogP contribution is -2.50. The number of hydrogen-bond donors (Lipinski definition) is 1. The van der Waals surface area contributed by atoms with E-state index in [0.29, 0.717) is 30.9 Å². The van der Waals surface area contributed by atoms with Gasteiger partial charge in [0.2, 0.25) is 5.91 Å². The summed E-state index contributed by atoms with van der Waals surface area (Å²) in [4.78, 5) is 29.4. The minimum Gasteiger partial charge on any atom is -0.356 e. The van der Waals surface area contributed by atoms with Crippen molar-refractivity contribution in [2.24, 2.45) is 0 Å². The third-order valence-corrected chi connectivity index (χ3v) is 5.82. The van der Waals surface area contributed by atoms with E-state index in [-0.39, 0.29) is 18.2 Å². The Morgan fingerprint density at radius 3 is 2.71 bits per heavy atom. The van der Waals surface area contributed by atoms with Gasteiger partial charge in [0, 0.05) is 44.7 Å². The Balaban J connectivity index is 1.21. The lowest BCUT2D eigenvalue weighted by Gasteiger charge is -2.34. The average Bonchev–Trinajstić information content (AvgIpc) is 3.39. The number of benzene rings is 1. The average molecular weight is 398 g/mol. The molecule has 1 aliphatic rings. The Morgan fingerprint density at radius 1 is 1.11 bits per heavy atom. The van der Waals surface area contributed by atoms with Crippen molar-refractivity contribution in [1.29, 1.82) is 0 Å². The molecule has 2 aromatic heterocycles. The van der Waals surface area contributed by atoms with Crippen LogP contribution in [0.1, 0.15) is 15.4 Å². The van der Waals surface area contributed by atoms with Crippen molar-refractivity contribution in [2.45, 2.75) is 6.42 Å². The van der Waals surface area contributed by atoms with Crippen LogP contribution in [0, 0.1) is 0 Å². The van der Waals surface area contributed by atoms with Gasteiger partial charge in [-0.05, 0) is 23.6 Å². The van der Waals surface area contributed by atoms with Crippen molar-refractivity contribution in [2.75, 3.05) is 39.3 Å². The number of aromatic nitrogens is 1. The predicted molar refractivity (Wildman–Crippen MR) is 107 cm³/mol. The second kappa shape index (κ2) is 8.53. The van der Waals surface area contributed by atoms with E-state index in [0.717, 1.165) is 29.9 Å². The van der Waals surface area contributed by atoms with Crippen molar-refractivity contribution in [3.8, 4) is 0 Å². The van der Waals surface area contributed by atoms with Crippen molar-refractivity contribution in [1.82, 2.24) is 20.3 Å². The second-order valence-electron chi connectivity index (χ2n) is 6.76. The zero-order valence-corrected chi connectivity index (χ0v) is 16.3. The second-order valence-corrected chi connectivity index (χ2v) is 7.71. The van der Waals surface area contributed by atoms with Crippen LogP contribution in [0.25, 0.3) is 11.0 Å². The number of piperazine rings is 1. The monoisotopic (exact) mass is 398 g/mol. The third-order valence-electron chi connectivity index (χ3n) is 4.95. The van der Waals surface area contributed by atoms with E-state index in [1.165, 1.54) is 11.3 Å². The first-order valence-electron chi connectivity index (χ1n) is 9.36. The maximum Gasteiger partial charge on any atom is 0.261 e. The maximum absolute atomic E-state index is 12.6. The highest BCUT2D eigenvalue weighted by molar-refractivity contribution is 7.12. The Bertz CT molecular complexity index is 945. The summed E-state index contributed by atoms with van der Waals surface area (Å²) in [5.41, 5.74) is 1.40. The van der Waals surface area contributed by atoms with Gasteiger partial charge >= 0.3 is 0 Å². The Morgan fingerprint density at radius 2 is 1.93 bits per heavy atom. The molecule has 0 aliphatic carbocycles. The highest BCUT2D eigenvalue weighted by atomic mass is 32.1. The van der Waals surface area contributed by atoms with E-state index < -0.39 is 0 Å². The highest BCUT2D eigenvalue weighted by Gasteiger charge is 2.22. The molecule has 1 saturated heterocycles. The SMILES string of the molecule is O=C(NCCN1CCN(C(=O)Cc2noc3ccccc23)CC1)c1cccs1. The molecule has 1 aliphatic heterocycles. The molecule has 8 heteroatoms. The van der Waals surface area contributed by atoms with E-state index in [1.54, 1.807) is 0 Å². The summed E-state index contributed by atoms with van der Waals surface area (Å²) in [6.45, 7) is 4.38. The lowest BCUT2D eigenvalue weighted by atomic mass is 10.1. The topological polar surface area (TPSA) is 78.7 Å². The Kier molecular flexibility index (Phi) is 5.68. The molecule has 3 heterocycles. The van der Waals surface area contributed by atoms with Crippen molar-refractivity contribution in [3.05, 3.63) is 52.3 Å². The maximum atomic E-state index is 12.6. The third kappa shape index (κ3) is 4.23. The van der Waals surface area contributed by atoms with Crippen LogP contribution in [0.15, 0.2) is 46.3 Å². The van der Waals surface area contributed by atoms with Gasteiger partial charge in [0.15, 0.2) is 5.58 Å². The number of nitrogens with one attached hydrogen (secondary N) is 1. The van der Waals surface area contributed by atoms with Crippen LogP contribution < -0.4 is 5.32 Å². The van der Waals surface area contributed by atoms with Crippen LogP contribution in [-0.2, 0) is 11.2 Å². The minimum atomic E-state index is -0.0244. The largest absolute Gasteiger partial charge is 0.356 e. The first kappa shape index (κ1) is 18.6. The molecule has 28 heavy (non-hydrogen) atoms. The van der Waals surface area contributed by atoms with Crippen LogP contribution in [0.3, 0.4) is 0 Å². The Hall–Kier alpha value is -2.71. The van der Waals surface area contributed by atoms with Gasteiger partial charge in [0.25, 0.3) is 5.91 Å². The van der Waals surface area contributed by atoms with Gasteiger partial charge < -0.3 is 14.7 Å². The number of thiophene rings is 1. The van der Waals surface area contributed by atoms with Gasteiger partial charge in [-0.1, -0.05) is 23.4 Å². The molecule has 7 nitrogen and oxygen atoms in total. The van der Waals surface area contributed by atoms with Crippen molar-refractivity contribution in [3.63, 3.8) is 0 Å². The summed E-state index contributed by atoms with van der Waals surface area (Å²) < 4.78 is 5.28. The number of hydrogen-bond acceptors (Lipinski definition) is 6. The van der Waals surface area contributed by atoms with Gasteiger partial charge in [-0.3, -0.25) is 14.5 Å². The molecule has 1 aromatic carbocycles. The van der Waals surface area contributed by atoms with Crippen LogP contribution in [0.5, 0.6) is 0 Å². The summed E-state index contributed by atoms with van der Waals surface area (Å²) in [6, 6.07) is 11.3. The number of para-hydroxylation sites is 1. The number of rotatable bonds is 6. The number of amides is 2. The molecule has 0 atom stereocenters.